The molecule has 5 nitrogen and oxygen atoms in total. The Morgan fingerprint density at radius 1 is 1.43 bits per heavy atom. The van der Waals surface area contributed by atoms with Gasteiger partial charge in [0.2, 0.25) is 0 Å². The largest absolute Gasteiger partial charge is 0.325 e. The smallest absolute Gasteiger partial charge is 0.321 e. The minimum atomic E-state index is 0.0223. The van der Waals surface area contributed by atoms with Gasteiger partial charge in [0.1, 0.15) is 0 Å². The second-order valence-corrected chi connectivity index (χ2v) is 6.30. The molecule has 3 rings (SSSR count). The van der Waals surface area contributed by atoms with E-state index >= 15 is 0 Å². The highest BCUT2D eigenvalue weighted by atomic mass is 32.1. The molecule has 2 amide bonds. The summed E-state index contributed by atoms with van der Waals surface area (Å²) in [5.74, 6) is 0.608. The van der Waals surface area contributed by atoms with E-state index in [0.29, 0.717) is 5.92 Å². The standard InChI is InChI=1S/C15H20N4OS/c1-12-10-21-11-14(12)17-15(20)18-7-3-13(4-8-18)9-19-6-2-5-16-19/h2,5-6,10-11,13H,3-4,7-9H2,1H3,(H,17,20). The van der Waals surface area contributed by atoms with Gasteiger partial charge in [-0.3, -0.25) is 4.68 Å². The van der Waals surface area contributed by atoms with Crippen LogP contribution in [0.1, 0.15) is 18.4 Å². The Bertz CT molecular complexity index is 585. The van der Waals surface area contributed by atoms with E-state index in [2.05, 4.69) is 10.4 Å². The van der Waals surface area contributed by atoms with Crippen molar-refractivity contribution in [3.05, 3.63) is 34.8 Å². The van der Waals surface area contributed by atoms with Crippen LogP contribution >= 0.6 is 11.3 Å². The van der Waals surface area contributed by atoms with Gasteiger partial charge in [-0.05, 0) is 42.7 Å². The van der Waals surface area contributed by atoms with Gasteiger partial charge in [0.15, 0.2) is 0 Å². The zero-order valence-electron chi connectivity index (χ0n) is 12.2. The highest BCUT2D eigenvalue weighted by molar-refractivity contribution is 7.08. The Balaban J connectivity index is 1.49. The molecule has 2 aromatic heterocycles. The van der Waals surface area contributed by atoms with Gasteiger partial charge in [0, 0.05) is 37.4 Å². The highest BCUT2D eigenvalue weighted by Crippen LogP contribution is 2.22. The van der Waals surface area contributed by atoms with Crippen molar-refractivity contribution in [1.29, 1.82) is 0 Å². The number of carbonyl (C=O) groups excluding carboxylic acids is 1. The Morgan fingerprint density at radius 3 is 2.86 bits per heavy atom. The van der Waals surface area contributed by atoms with Crippen LogP contribution in [0.25, 0.3) is 0 Å². The van der Waals surface area contributed by atoms with Crippen LogP contribution in [0.15, 0.2) is 29.2 Å². The van der Waals surface area contributed by atoms with Crippen molar-refractivity contribution < 1.29 is 4.79 Å². The molecule has 0 aliphatic carbocycles. The first-order valence-electron chi connectivity index (χ1n) is 7.28. The maximum atomic E-state index is 12.2. The maximum absolute atomic E-state index is 12.2. The lowest BCUT2D eigenvalue weighted by Crippen LogP contribution is -2.41. The van der Waals surface area contributed by atoms with Crippen molar-refractivity contribution in [1.82, 2.24) is 14.7 Å². The first-order valence-corrected chi connectivity index (χ1v) is 8.23. The number of thiophene rings is 1. The number of piperidine rings is 1. The number of amides is 2. The van der Waals surface area contributed by atoms with Crippen LogP contribution in [0.2, 0.25) is 0 Å². The number of carbonyl (C=O) groups is 1. The molecule has 6 heteroatoms. The molecule has 2 aromatic rings. The summed E-state index contributed by atoms with van der Waals surface area (Å²) in [6.45, 7) is 4.61. The molecule has 1 saturated heterocycles. The fourth-order valence-electron chi connectivity index (χ4n) is 2.67. The SMILES string of the molecule is Cc1cscc1NC(=O)N1CCC(Cn2cccn2)CC1. The molecule has 0 bridgehead atoms. The van der Waals surface area contributed by atoms with Gasteiger partial charge in [0.05, 0.1) is 5.69 Å². The van der Waals surface area contributed by atoms with Crippen molar-refractivity contribution >= 4 is 23.1 Å². The van der Waals surface area contributed by atoms with Gasteiger partial charge < -0.3 is 10.2 Å². The van der Waals surface area contributed by atoms with Gasteiger partial charge in [-0.2, -0.15) is 5.10 Å². The Kier molecular flexibility index (Phi) is 4.24. The van der Waals surface area contributed by atoms with E-state index in [1.54, 1.807) is 11.3 Å². The number of aromatic nitrogens is 2. The second-order valence-electron chi connectivity index (χ2n) is 5.56. The van der Waals surface area contributed by atoms with Crippen LogP contribution in [0.3, 0.4) is 0 Å². The molecule has 21 heavy (non-hydrogen) atoms. The van der Waals surface area contributed by atoms with Crippen molar-refractivity contribution in [3.8, 4) is 0 Å². The summed E-state index contributed by atoms with van der Waals surface area (Å²) >= 11 is 1.61. The summed E-state index contributed by atoms with van der Waals surface area (Å²) in [7, 11) is 0. The number of anilines is 1. The molecule has 1 N–H and O–H groups in total. The minimum absolute atomic E-state index is 0.0223. The van der Waals surface area contributed by atoms with Crippen LogP contribution in [-0.4, -0.2) is 33.8 Å². The van der Waals surface area contributed by atoms with Gasteiger partial charge in [-0.25, -0.2) is 4.79 Å². The fourth-order valence-corrected chi connectivity index (χ4v) is 3.45. The Labute approximate surface area is 128 Å². The monoisotopic (exact) mass is 304 g/mol. The number of urea groups is 1. The third-order valence-electron chi connectivity index (χ3n) is 4.00. The normalized spacial score (nSPS) is 16.1. The lowest BCUT2D eigenvalue weighted by Gasteiger charge is -2.32. The minimum Gasteiger partial charge on any atom is -0.325 e. The van der Waals surface area contributed by atoms with Crippen molar-refractivity contribution in [2.24, 2.45) is 5.92 Å². The molecule has 0 saturated carbocycles. The summed E-state index contributed by atoms with van der Waals surface area (Å²) < 4.78 is 1.98. The van der Waals surface area contributed by atoms with Gasteiger partial charge >= 0.3 is 6.03 Å². The quantitative estimate of drug-likeness (QED) is 0.946. The van der Waals surface area contributed by atoms with Crippen LogP contribution in [0, 0.1) is 12.8 Å². The molecule has 0 unspecified atom stereocenters. The summed E-state index contributed by atoms with van der Waals surface area (Å²) in [6, 6.07) is 1.97. The topological polar surface area (TPSA) is 50.2 Å². The average Bonchev–Trinajstić information content (AvgIpc) is 3.12. The third kappa shape index (κ3) is 3.44. The average molecular weight is 304 g/mol. The first kappa shape index (κ1) is 14.1. The molecule has 1 fully saturated rings. The van der Waals surface area contributed by atoms with Crippen molar-refractivity contribution in [2.45, 2.75) is 26.3 Å². The number of hydrogen-bond acceptors (Lipinski definition) is 3. The van der Waals surface area contributed by atoms with E-state index in [0.717, 1.165) is 43.7 Å². The molecule has 0 aromatic carbocycles. The van der Waals surface area contributed by atoms with E-state index < -0.39 is 0 Å². The number of hydrogen-bond donors (Lipinski definition) is 1. The van der Waals surface area contributed by atoms with E-state index in [1.165, 1.54) is 0 Å². The predicted molar refractivity (Wildman–Crippen MR) is 84.6 cm³/mol. The van der Waals surface area contributed by atoms with E-state index in [9.17, 15) is 4.79 Å². The third-order valence-corrected chi connectivity index (χ3v) is 4.86. The molecule has 0 radical (unpaired) electrons. The number of likely N-dealkylation sites (tertiary alicyclic amines) is 1. The molecular weight excluding hydrogens is 284 g/mol. The number of nitrogens with one attached hydrogen (secondary N) is 1. The van der Waals surface area contributed by atoms with Crippen LogP contribution in [0.5, 0.6) is 0 Å². The zero-order chi connectivity index (χ0) is 14.7. The molecule has 0 spiro atoms. The predicted octanol–water partition coefficient (Wildman–Crippen LogP) is 3.20. The maximum Gasteiger partial charge on any atom is 0.321 e. The van der Waals surface area contributed by atoms with Crippen LogP contribution < -0.4 is 5.32 Å². The van der Waals surface area contributed by atoms with E-state index in [4.69, 9.17) is 0 Å². The number of rotatable bonds is 3. The number of aryl methyl sites for hydroxylation is 1. The van der Waals surface area contributed by atoms with Gasteiger partial charge in [0.25, 0.3) is 0 Å². The first-order chi connectivity index (χ1) is 10.2. The van der Waals surface area contributed by atoms with E-state index in [1.807, 2.05) is 45.7 Å². The Hall–Kier alpha value is -1.82. The zero-order valence-corrected chi connectivity index (χ0v) is 13.0. The molecular formula is C15H20N4OS. The van der Waals surface area contributed by atoms with Gasteiger partial charge in [-0.15, -0.1) is 11.3 Å². The lowest BCUT2D eigenvalue weighted by molar-refractivity contribution is 0.175. The van der Waals surface area contributed by atoms with Gasteiger partial charge in [-0.1, -0.05) is 0 Å². The molecule has 1 aliphatic heterocycles. The summed E-state index contributed by atoms with van der Waals surface area (Å²) in [5, 5.41) is 11.3. The molecule has 3 heterocycles. The van der Waals surface area contributed by atoms with E-state index in [-0.39, 0.29) is 6.03 Å². The number of nitrogens with zero attached hydrogens (tertiary/aromatic N) is 3. The van der Waals surface area contributed by atoms with Crippen molar-refractivity contribution in [3.63, 3.8) is 0 Å². The van der Waals surface area contributed by atoms with Crippen LogP contribution in [0.4, 0.5) is 10.5 Å². The summed E-state index contributed by atoms with van der Waals surface area (Å²) in [6.07, 6.45) is 5.88. The molecule has 0 atom stereocenters. The van der Waals surface area contributed by atoms with Crippen LogP contribution in [-0.2, 0) is 6.54 Å². The lowest BCUT2D eigenvalue weighted by atomic mass is 9.97. The fraction of sp³-hybridized carbons (Fsp3) is 0.467. The molecule has 1 aliphatic rings. The highest BCUT2D eigenvalue weighted by Gasteiger charge is 2.23. The molecule has 112 valence electrons. The summed E-state index contributed by atoms with van der Waals surface area (Å²) in [4.78, 5) is 14.2. The van der Waals surface area contributed by atoms with Crippen molar-refractivity contribution in [2.75, 3.05) is 18.4 Å². The Morgan fingerprint density at radius 2 is 2.24 bits per heavy atom. The second kappa shape index (κ2) is 6.30. The summed E-state index contributed by atoms with van der Waals surface area (Å²) in [5.41, 5.74) is 2.06.